The second-order valence-corrected chi connectivity index (χ2v) is 7.94. The largest absolute Gasteiger partial charge is 0.444 e. The number of hydrogen-bond donors (Lipinski definition) is 1. The Morgan fingerprint density at radius 1 is 1.12 bits per heavy atom. The summed E-state index contributed by atoms with van der Waals surface area (Å²) in [6, 6.07) is 7.84. The third-order valence-electron chi connectivity index (χ3n) is 4.65. The van der Waals surface area contributed by atoms with E-state index in [1.165, 1.54) is 19.3 Å². The van der Waals surface area contributed by atoms with E-state index in [2.05, 4.69) is 5.32 Å². The number of rotatable bonds is 5. The lowest BCUT2D eigenvalue weighted by atomic mass is 9.93. The van der Waals surface area contributed by atoms with Crippen LogP contribution in [0, 0.1) is 0 Å². The van der Waals surface area contributed by atoms with Crippen LogP contribution >= 0.6 is 0 Å². The van der Waals surface area contributed by atoms with Crippen molar-refractivity contribution in [3.05, 3.63) is 35.4 Å². The van der Waals surface area contributed by atoms with Gasteiger partial charge in [0, 0.05) is 24.7 Å². The van der Waals surface area contributed by atoms with Crippen molar-refractivity contribution in [1.82, 2.24) is 10.2 Å². The SMILES string of the molecule is CCN(C(=O)c1ccc(CNC(=O)OC(C)(C)C)cc1)C1CCCCC1. The smallest absolute Gasteiger partial charge is 0.407 e. The van der Waals surface area contributed by atoms with Gasteiger partial charge < -0.3 is 15.0 Å². The van der Waals surface area contributed by atoms with E-state index < -0.39 is 11.7 Å². The number of carbonyl (C=O) groups is 2. The number of carbonyl (C=O) groups excluding carboxylic acids is 2. The summed E-state index contributed by atoms with van der Waals surface area (Å²) in [6.45, 7) is 8.66. The number of nitrogens with one attached hydrogen (secondary N) is 1. The van der Waals surface area contributed by atoms with E-state index in [1.54, 1.807) is 0 Å². The molecule has 0 heterocycles. The van der Waals surface area contributed by atoms with Crippen molar-refractivity contribution in [1.29, 1.82) is 0 Å². The summed E-state index contributed by atoms with van der Waals surface area (Å²) in [5, 5.41) is 2.73. The molecular weight excluding hydrogens is 328 g/mol. The van der Waals surface area contributed by atoms with Gasteiger partial charge in [-0.3, -0.25) is 4.79 Å². The molecule has 5 nitrogen and oxygen atoms in total. The van der Waals surface area contributed by atoms with E-state index in [9.17, 15) is 9.59 Å². The zero-order valence-corrected chi connectivity index (χ0v) is 16.5. The number of amides is 2. The van der Waals surface area contributed by atoms with Crippen LogP contribution in [0.2, 0.25) is 0 Å². The van der Waals surface area contributed by atoms with Crippen LogP contribution in [0.5, 0.6) is 0 Å². The molecule has 1 aromatic carbocycles. The Kier molecular flexibility index (Phi) is 7.06. The highest BCUT2D eigenvalue weighted by molar-refractivity contribution is 5.94. The molecule has 144 valence electrons. The quantitative estimate of drug-likeness (QED) is 0.841. The highest BCUT2D eigenvalue weighted by atomic mass is 16.6. The molecule has 0 aliphatic heterocycles. The van der Waals surface area contributed by atoms with Crippen molar-refractivity contribution >= 4 is 12.0 Å². The Balaban J connectivity index is 1.93. The minimum atomic E-state index is -0.511. The van der Waals surface area contributed by atoms with Gasteiger partial charge in [-0.25, -0.2) is 4.79 Å². The lowest BCUT2D eigenvalue weighted by Crippen LogP contribution is -2.41. The Morgan fingerprint density at radius 3 is 2.27 bits per heavy atom. The van der Waals surface area contributed by atoms with Gasteiger partial charge in [-0.05, 0) is 58.2 Å². The molecule has 1 N–H and O–H groups in total. The minimum Gasteiger partial charge on any atom is -0.444 e. The summed E-state index contributed by atoms with van der Waals surface area (Å²) in [5.74, 6) is 0.103. The Labute approximate surface area is 157 Å². The predicted molar refractivity (Wildman–Crippen MR) is 103 cm³/mol. The molecule has 0 bridgehead atoms. The van der Waals surface area contributed by atoms with Crippen LogP contribution in [0.4, 0.5) is 4.79 Å². The standard InChI is InChI=1S/C21H32N2O3/c1-5-23(18-9-7-6-8-10-18)19(24)17-13-11-16(12-14-17)15-22-20(25)26-21(2,3)4/h11-14,18H,5-10,15H2,1-4H3,(H,22,25). The first kappa shape index (κ1) is 20.3. The van der Waals surface area contributed by atoms with Crippen LogP contribution in [0.15, 0.2) is 24.3 Å². The van der Waals surface area contributed by atoms with Crippen molar-refractivity contribution in [2.45, 2.75) is 78.0 Å². The van der Waals surface area contributed by atoms with Crippen LogP contribution in [-0.2, 0) is 11.3 Å². The average Bonchev–Trinajstić information content (AvgIpc) is 2.60. The highest BCUT2D eigenvalue weighted by Crippen LogP contribution is 2.24. The first-order chi connectivity index (χ1) is 12.3. The molecule has 0 spiro atoms. The first-order valence-electron chi connectivity index (χ1n) is 9.67. The second-order valence-electron chi connectivity index (χ2n) is 7.94. The highest BCUT2D eigenvalue weighted by Gasteiger charge is 2.24. The van der Waals surface area contributed by atoms with Crippen molar-refractivity contribution < 1.29 is 14.3 Å². The van der Waals surface area contributed by atoms with Crippen LogP contribution in [0.3, 0.4) is 0 Å². The first-order valence-corrected chi connectivity index (χ1v) is 9.67. The molecule has 0 atom stereocenters. The maximum absolute atomic E-state index is 12.8. The summed E-state index contributed by atoms with van der Waals surface area (Å²) >= 11 is 0. The summed E-state index contributed by atoms with van der Waals surface area (Å²) < 4.78 is 5.22. The third kappa shape index (κ3) is 6.04. The molecule has 1 aromatic rings. The molecular formula is C21H32N2O3. The summed E-state index contributed by atoms with van der Waals surface area (Å²) in [4.78, 5) is 26.6. The maximum Gasteiger partial charge on any atom is 0.407 e. The van der Waals surface area contributed by atoms with Gasteiger partial charge in [0.15, 0.2) is 0 Å². The van der Waals surface area contributed by atoms with Gasteiger partial charge in [-0.2, -0.15) is 0 Å². The van der Waals surface area contributed by atoms with Gasteiger partial charge in [0.05, 0.1) is 0 Å². The topological polar surface area (TPSA) is 58.6 Å². The van der Waals surface area contributed by atoms with E-state index in [0.29, 0.717) is 18.2 Å². The number of hydrogen-bond acceptors (Lipinski definition) is 3. The average molecular weight is 360 g/mol. The van der Waals surface area contributed by atoms with Crippen LogP contribution < -0.4 is 5.32 Å². The molecule has 0 unspecified atom stereocenters. The number of ether oxygens (including phenoxy) is 1. The molecule has 0 radical (unpaired) electrons. The molecule has 0 saturated heterocycles. The Hall–Kier alpha value is -2.04. The Bertz CT molecular complexity index is 599. The molecule has 5 heteroatoms. The molecule has 1 aliphatic rings. The zero-order chi connectivity index (χ0) is 19.2. The molecule has 1 fully saturated rings. The van der Waals surface area contributed by atoms with E-state index in [0.717, 1.165) is 24.9 Å². The minimum absolute atomic E-state index is 0.103. The monoisotopic (exact) mass is 360 g/mol. The van der Waals surface area contributed by atoms with E-state index in [1.807, 2.05) is 56.9 Å². The van der Waals surface area contributed by atoms with Crippen LogP contribution in [0.1, 0.15) is 75.7 Å². The maximum atomic E-state index is 12.8. The lowest BCUT2D eigenvalue weighted by molar-refractivity contribution is 0.0522. The number of alkyl carbamates (subject to hydrolysis) is 1. The van der Waals surface area contributed by atoms with E-state index >= 15 is 0 Å². The van der Waals surface area contributed by atoms with Crippen LogP contribution in [0.25, 0.3) is 0 Å². The van der Waals surface area contributed by atoms with Gasteiger partial charge in [-0.1, -0.05) is 31.4 Å². The summed E-state index contributed by atoms with van der Waals surface area (Å²) in [6.07, 6.45) is 5.48. The third-order valence-corrected chi connectivity index (χ3v) is 4.65. The molecule has 1 aliphatic carbocycles. The van der Waals surface area contributed by atoms with E-state index in [4.69, 9.17) is 4.74 Å². The lowest BCUT2D eigenvalue weighted by Gasteiger charge is -2.33. The fourth-order valence-electron chi connectivity index (χ4n) is 3.38. The molecule has 2 amide bonds. The van der Waals surface area contributed by atoms with Gasteiger partial charge in [0.25, 0.3) is 5.91 Å². The van der Waals surface area contributed by atoms with Crippen molar-refractivity contribution in [3.8, 4) is 0 Å². The van der Waals surface area contributed by atoms with Gasteiger partial charge in [0.2, 0.25) is 0 Å². The number of benzene rings is 1. The van der Waals surface area contributed by atoms with Crippen molar-refractivity contribution in [2.24, 2.45) is 0 Å². The zero-order valence-electron chi connectivity index (χ0n) is 16.5. The number of nitrogens with zero attached hydrogens (tertiary/aromatic N) is 1. The Morgan fingerprint density at radius 2 is 1.73 bits per heavy atom. The fraction of sp³-hybridized carbons (Fsp3) is 0.619. The van der Waals surface area contributed by atoms with E-state index in [-0.39, 0.29) is 5.91 Å². The summed E-state index contributed by atoms with van der Waals surface area (Å²) in [5.41, 5.74) is 1.13. The second kappa shape index (κ2) is 9.06. The molecule has 26 heavy (non-hydrogen) atoms. The fourth-order valence-corrected chi connectivity index (χ4v) is 3.38. The van der Waals surface area contributed by atoms with Gasteiger partial charge in [-0.15, -0.1) is 0 Å². The van der Waals surface area contributed by atoms with Gasteiger partial charge >= 0.3 is 6.09 Å². The molecule has 1 saturated carbocycles. The van der Waals surface area contributed by atoms with Crippen molar-refractivity contribution in [3.63, 3.8) is 0 Å². The molecule has 2 rings (SSSR count). The molecule has 0 aromatic heterocycles. The van der Waals surface area contributed by atoms with Crippen molar-refractivity contribution in [2.75, 3.05) is 6.54 Å². The van der Waals surface area contributed by atoms with Gasteiger partial charge in [0.1, 0.15) is 5.60 Å². The normalized spacial score (nSPS) is 15.4. The predicted octanol–water partition coefficient (Wildman–Crippen LogP) is 4.51. The van der Waals surface area contributed by atoms with Crippen LogP contribution in [-0.4, -0.2) is 35.1 Å². The summed E-state index contributed by atoms with van der Waals surface area (Å²) in [7, 11) is 0.